The minimum Gasteiger partial charge on any atom is -0.504 e. The molecule has 8 aromatic rings. The Morgan fingerprint density at radius 1 is 0.222 bits per heavy atom. The van der Waals surface area contributed by atoms with Gasteiger partial charge in [-0.1, -0.05) is 48.5 Å². The molecule has 8 aromatic carbocycles. The molecule has 0 saturated heterocycles. The highest BCUT2D eigenvalue weighted by Gasteiger charge is 2.44. The van der Waals surface area contributed by atoms with Gasteiger partial charge in [-0.25, -0.2) is 17.6 Å². The van der Waals surface area contributed by atoms with Crippen LogP contribution in [0, 0.1) is 23.3 Å². The fraction of sp³-hybridized carbons (Fsp3) is 0.0769. The van der Waals surface area contributed by atoms with E-state index in [2.05, 4.69) is 63.7 Å². The van der Waals surface area contributed by atoms with Crippen molar-refractivity contribution in [2.75, 3.05) is 0 Å². The summed E-state index contributed by atoms with van der Waals surface area (Å²) >= 11 is 14.0. The Kier molecular flexibility index (Phi) is 12.9. The van der Waals surface area contributed by atoms with E-state index in [0.717, 1.165) is 48.5 Å². The molecule has 0 fully saturated rings. The third-order valence-corrected chi connectivity index (χ3v) is 16.3. The van der Waals surface area contributed by atoms with Gasteiger partial charge in [0.05, 0.1) is 0 Å². The summed E-state index contributed by atoms with van der Waals surface area (Å²) in [4.78, 5) is 0. The molecule has 0 heterocycles. The third-order valence-electron chi connectivity index (χ3n) is 12.8. The van der Waals surface area contributed by atoms with Gasteiger partial charge in [-0.3, -0.25) is 0 Å². The van der Waals surface area contributed by atoms with Gasteiger partial charge in [0, 0.05) is 86.1 Å². The summed E-state index contributed by atoms with van der Waals surface area (Å²) < 4.78 is 57.9. The van der Waals surface area contributed by atoms with Crippen LogP contribution in [0.4, 0.5) is 17.6 Å². The molecule has 0 amide bonds. The Bertz CT molecular complexity index is 2950. The van der Waals surface area contributed by atoms with Crippen LogP contribution >= 0.6 is 63.7 Å². The molecule has 12 nitrogen and oxygen atoms in total. The fourth-order valence-electron chi connectivity index (χ4n) is 9.52. The fourth-order valence-corrected chi connectivity index (χ4v) is 12.9. The summed E-state index contributed by atoms with van der Waals surface area (Å²) in [6, 6.07) is 17.4. The van der Waals surface area contributed by atoms with Crippen LogP contribution in [0.15, 0.2) is 115 Å². The van der Waals surface area contributed by atoms with E-state index in [4.69, 9.17) is 0 Å². The Morgan fingerprint density at radius 3 is 0.472 bits per heavy atom. The quantitative estimate of drug-likeness (QED) is 0.0582. The predicted octanol–water partition coefficient (Wildman–Crippen LogP) is 12.8. The van der Waals surface area contributed by atoms with Crippen LogP contribution in [-0.4, -0.2) is 61.3 Å². The van der Waals surface area contributed by atoms with E-state index in [9.17, 15) is 78.8 Å². The summed E-state index contributed by atoms with van der Waals surface area (Å²) in [6.07, 6.45) is 0. The molecule has 12 N–H and O–H groups in total. The third kappa shape index (κ3) is 7.73. The van der Waals surface area contributed by atoms with Crippen molar-refractivity contribution in [2.24, 2.45) is 0 Å². The lowest BCUT2D eigenvalue weighted by Gasteiger charge is -2.33. The van der Waals surface area contributed by atoms with Crippen LogP contribution in [0.2, 0.25) is 0 Å². The van der Waals surface area contributed by atoms with Crippen molar-refractivity contribution in [1.29, 1.82) is 0 Å². The number of hydrogen-bond donors (Lipinski definition) is 12. The second kappa shape index (κ2) is 18.6. The lowest BCUT2D eigenvalue weighted by molar-refractivity contribution is 0.352. The second-order valence-electron chi connectivity index (χ2n) is 16.7. The lowest BCUT2D eigenvalue weighted by Crippen LogP contribution is -2.16. The molecule has 1 aliphatic carbocycles. The van der Waals surface area contributed by atoms with Crippen molar-refractivity contribution in [3.8, 4) is 69.0 Å². The number of phenols is 12. The van der Waals surface area contributed by atoms with Gasteiger partial charge in [0.15, 0.2) is 46.0 Å². The zero-order valence-electron chi connectivity index (χ0n) is 35.9. The van der Waals surface area contributed by atoms with Crippen LogP contribution < -0.4 is 0 Å². The largest absolute Gasteiger partial charge is 0.504 e. The first-order valence-corrected chi connectivity index (χ1v) is 24.1. The van der Waals surface area contributed by atoms with Crippen molar-refractivity contribution in [1.82, 2.24) is 0 Å². The van der Waals surface area contributed by atoms with Gasteiger partial charge in [-0.15, -0.1) is 0 Å². The zero-order chi connectivity index (χ0) is 52.1. The van der Waals surface area contributed by atoms with Gasteiger partial charge in [0.25, 0.3) is 0 Å². The molecule has 0 atom stereocenters. The van der Waals surface area contributed by atoms with E-state index in [-0.39, 0.29) is 40.1 Å². The number of phenolic OH excluding ortho intramolecular Hbond substituents is 12. The van der Waals surface area contributed by atoms with E-state index in [0.29, 0.717) is 0 Å². The van der Waals surface area contributed by atoms with E-state index in [1.54, 1.807) is 0 Å². The first kappa shape index (κ1) is 50.0. The summed E-state index contributed by atoms with van der Waals surface area (Å²) in [7, 11) is 0. The average Bonchev–Trinajstić information content (AvgIpc) is 3.35. The summed E-state index contributed by atoms with van der Waals surface area (Å²) in [5.41, 5.74) is -4.12. The number of hydrogen-bond acceptors (Lipinski definition) is 12. The molecule has 20 heteroatoms. The topological polar surface area (TPSA) is 243 Å². The molecule has 0 aromatic heterocycles. The maximum Gasteiger partial charge on any atom is 0.201 e. The van der Waals surface area contributed by atoms with Crippen LogP contribution in [0.3, 0.4) is 0 Å². The van der Waals surface area contributed by atoms with E-state index in [1.807, 2.05) is 0 Å². The minimum atomic E-state index is -1.79. The normalized spacial score (nSPS) is 16.4. The highest BCUT2D eigenvalue weighted by atomic mass is 79.9. The zero-order valence-corrected chi connectivity index (χ0v) is 42.3. The van der Waals surface area contributed by atoms with E-state index < -0.39 is 160 Å². The van der Waals surface area contributed by atoms with Crippen LogP contribution in [0.25, 0.3) is 0 Å². The van der Waals surface area contributed by atoms with Crippen molar-refractivity contribution < 1.29 is 78.8 Å². The molecule has 368 valence electrons. The summed E-state index contributed by atoms with van der Waals surface area (Å²) in [5, 5.41) is 145. The molecule has 0 radical (unpaired) electrons. The van der Waals surface area contributed by atoms with Crippen LogP contribution in [0.5, 0.6) is 69.0 Å². The molecule has 72 heavy (non-hydrogen) atoms. The number of rotatable bonds is 4. The molecule has 0 saturated carbocycles. The lowest BCUT2D eigenvalue weighted by atomic mass is 9.74. The second-order valence-corrected chi connectivity index (χ2v) is 19.9. The van der Waals surface area contributed by atoms with Gasteiger partial charge in [0.1, 0.15) is 23.3 Å². The number of fused-ring (bicyclic) bond motifs is 8. The maximum absolute atomic E-state index is 14.9. The first-order chi connectivity index (χ1) is 34.1. The summed E-state index contributed by atoms with van der Waals surface area (Å²) in [6.45, 7) is 0. The molecule has 0 unspecified atom stereocenters. The molecular weight excluding hydrogens is 1210 g/mol. The standard InChI is InChI=1S/C52H32Br4F4O12/c53-37-29-25(17-1-9-21(57)10-2-17)30-38(54)32(44(64)50(70)42(30)62)27(19-5-13-23(59)14-6-19)34-40(56)36(48(68)52(72)46(34)66)28(20-7-15-24(60)16-8-20)35-39(55)33(45(65)51(71)47(35)67)26(18-3-11-22(58)12-4-18)31(37)43(63)49(69)41(29)61/h1-16,25-28,61-72H. The van der Waals surface area contributed by atoms with Crippen molar-refractivity contribution in [3.05, 3.63) is 205 Å². The van der Waals surface area contributed by atoms with Crippen molar-refractivity contribution in [2.45, 2.75) is 23.7 Å². The Labute approximate surface area is 437 Å². The van der Waals surface area contributed by atoms with Gasteiger partial charge in [-0.05, 0) is 135 Å². The Morgan fingerprint density at radius 2 is 0.347 bits per heavy atom. The van der Waals surface area contributed by atoms with E-state index in [1.165, 1.54) is 48.5 Å². The number of aromatic hydroxyl groups is 12. The SMILES string of the molecule is Oc1c(O)c2c(Br)c(c1O)C(c1ccc(F)cc1)c1c(O)c(O)c(O)c(c1Br)C(c1ccc(F)cc1)c1c(O)c(O)c(O)c(c1Br)C(c1ccc(F)cc1)c1c(O)c(O)c(O)c(c1Br)C2c1ccc(F)cc1. The van der Waals surface area contributed by atoms with Gasteiger partial charge in [0.2, 0.25) is 23.0 Å². The predicted molar refractivity (Wildman–Crippen MR) is 266 cm³/mol. The first-order valence-electron chi connectivity index (χ1n) is 20.9. The molecule has 9 rings (SSSR count). The Balaban J connectivity index is 1.62. The van der Waals surface area contributed by atoms with Crippen LogP contribution in [0.1, 0.15) is 90.4 Å². The minimum absolute atomic E-state index is 0.0439. The van der Waals surface area contributed by atoms with Crippen molar-refractivity contribution in [3.63, 3.8) is 0 Å². The molecular formula is C52H32Br4F4O12. The summed E-state index contributed by atoms with van der Waals surface area (Å²) in [5.74, 6) is -24.2. The molecule has 1 aliphatic rings. The monoisotopic (exact) mass is 1240 g/mol. The van der Waals surface area contributed by atoms with Gasteiger partial charge < -0.3 is 61.3 Å². The average molecular weight is 1240 g/mol. The molecule has 0 aliphatic heterocycles. The number of benzene rings is 8. The smallest absolute Gasteiger partial charge is 0.201 e. The highest BCUT2D eigenvalue weighted by Crippen LogP contribution is 2.65. The highest BCUT2D eigenvalue weighted by molar-refractivity contribution is 9.11. The van der Waals surface area contributed by atoms with Crippen molar-refractivity contribution >= 4 is 63.7 Å². The number of halogens is 8. The maximum atomic E-state index is 14.9. The molecule has 0 spiro atoms. The van der Waals surface area contributed by atoms with Gasteiger partial charge in [-0.2, -0.15) is 0 Å². The van der Waals surface area contributed by atoms with E-state index >= 15 is 0 Å². The molecule has 8 bridgehead atoms. The Hall–Kier alpha value is -7.00. The van der Waals surface area contributed by atoms with Crippen LogP contribution in [-0.2, 0) is 0 Å². The van der Waals surface area contributed by atoms with Gasteiger partial charge >= 0.3 is 0 Å².